The van der Waals surface area contributed by atoms with E-state index in [0.717, 1.165) is 16.4 Å². The highest BCUT2D eigenvalue weighted by molar-refractivity contribution is 7.91. The molecule has 0 unspecified atom stereocenters. The Hall–Kier alpha value is -3.97. The van der Waals surface area contributed by atoms with E-state index in [2.05, 4.69) is 10.3 Å². The fraction of sp³-hybridized carbons (Fsp3) is 0.0400. The number of carbonyl (C=O) groups excluding carboxylic acids is 1. The third-order valence-corrected chi connectivity index (χ3v) is 7.09. The Balaban J connectivity index is 1.36. The molecule has 2 aromatic heterocycles. The number of amides is 1. The molecule has 5 rings (SSSR count). The van der Waals surface area contributed by atoms with Crippen LogP contribution in [0.2, 0.25) is 0 Å². The van der Waals surface area contributed by atoms with E-state index in [1.54, 1.807) is 71.5 Å². The molecule has 0 fully saturated rings. The lowest BCUT2D eigenvalue weighted by molar-refractivity contribution is 0.0950. The molecule has 0 saturated heterocycles. The first-order valence-corrected chi connectivity index (χ1v) is 11.5. The number of rotatable bonds is 5. The zero-order valence-corrected chi connectivity index (χ0v) is 17.8. The Kier molecular flexibility index (Phi) is 4.95. The van der Waals surface area contributed by atoms with Crippen molar-refractivity contribution in [2.24, 2.45) is 0 Å². The fourth-order valence-electron chi connectivity index (χ4n) is 3.63. The summed E-state index contributed by atoms with van der Waals surface area (Å²) in [5, 5.41) is 4.70. The molecular formula is C25H19N3O3S. The lowest BCUT2D eigenvalue weighted by Gasteiger charge is -2.09. The highest BCUT2D eigenvalue weighted by Crippen LogP contribution is 2.25. The van der Waals surface area contributed by atoms with Crippen LogP contribution in [0.1, 0.15) is 15.9 Å². The molecule has 3 aromatic carbocycles. The molecule has 0 bridgehead atoms. The van der Waals surface area contributed by atoms with Crippen LogP contribution in [0.3, 0.4) is 0 Å². The van der Waals surface area contributed by atoms with Crippen LogP contribution < -0.4 is 5.32 Å². The number of sulfone groups is 1. The second-order valence-corrected chi connectivity index (χ2v) is 9.40. The van der Waals surface area contributed by atoms with Gasteiger partial charge in [0.15, 0.2) is 0 Å². The lowest BCUT2D eigenvalue weighted by Crippen LogP contribution is -2.23. The molecule has 6 nitrogen and oxygen atoms in total. The average Bonchev–Trinajstić information content (AvgIpc) is 3.30. The largest absolute Gasteiger partial charge is 0.348 e. The number of imidazole rings is 1. The number of nitrogens with zero attached hydrogens (tertiary/aromatic N) is 2. The van der Waals surface area contributed by atoms with E-state index in [9.17, 15) is 13.2 Å². The third-order valence-electron chi connectivity index (χ3n) is 5.34. The van der Waals surface area contributed by atoms with Crippen molar-refractivity contribution in [1.29, 1.82) is 0 Å². The number of pyridine rings is 1. The number of hydrogen-bond donors (Lipinski definition) is 1. The van der Waals surface area contributed by atoms with Crippen molar-refractivity contribution in [3.63, 3.8) is 0 Å². The van der Waals surface area contributed by atoms with Crippen molar-refractivity contribution in [3.05, 3.63) is 109 Å². The monoisotopic (exact) mass is 441 g/mol. The molecule has 0 aliphatic rings. The molecule has 32 heavy (non-hydrogen) atoms. The van der Waals surface area contributed by atoms with E-state index < -0.39 is 9.84 Å². The maximum absolute atomic E-state index is 13.2. The fourth-order valence-corrected chi connectivity index (χ4v) is 5.00. The summed E-state index contributed by atoms with van der Waals surface area (Å²) in [4.78, 5) is 17.1. The van der Waals surface area contributed by atoms with Crippen LogP contribution in [0.25, 0.3) is 16.4 Å². The Morgan fingerprint density at radius 2 is 1.69 bits per heavy atom. The van der Waals surface area contributed by atoms with Crippen LogP contribution >= 0.6 is 0 Å². The molecule has 1 N–H and O–H groups in total. The summed E-state index contributed by atoms with van der Waals surface area (Å²) in [6.45, 7) is 0.210. The van der Waals surface area contributed by atoms with E-state index >= 15 is 0 Å². The summed E-state index contributed by atoms with van der Waals surface area (Å²) in [6.07, 6.45) is 5.14. The summed E-state index contributed by atoms with van der Waals surface area (Å²) in [6, 6.07) is 22.9. The molecular weight excluding hydrogens is 422 g/mol. The SMILES string of the molecule is O=C(NCc1cccc(S(=O)(=O)c2ccc3ccccc3c2)c1)c1ccc2nccn2c1. The maximum Gasteiger partial charge on any atom is 0.253 e. The predicted octanol–water partition coefficient (Wildman–Crippen LogP) is 4.25. The summed E-state index contributed by atoms with van der Waals surface area (Å²) >= 11 is 0. The van der Waals surface area contributed by atoms with Gasteiger partial charge >= 0.3 is 0 Å². The summed E-state index contributed by atoms with van der Waals surface area (Å²) < 4.78 is 28.2. The molecule has 0 aliphatic carbocycles. The maximum atomic E-state index is 13.2. The van der Waals surface area contributed by atoms with E-state index in [4.69, 9.17) is 0 Å². The topological polar surface area (TPSA) is 80.5 Å². The number of fused-ring (bicyclic) bond motifs is 2. The Morgan fingerprint density at radius 3 is 2.56 bits per heavy atom. The smallest absolute Gasteiger partial charge is 0.253 e. The first kappa shape index (κ1) is 20.0. The van der Waals surface area contributed by atoms with Gasteiger partial charge in [-0.05, 0) is 52.7 Å². The first-order chi connectivity index (χ1) is 15.5. The summed E-state index contributed by atoms with van der Waals surface area (Å²) in [5.41, 5.74) is 1.95. The minimum absolute atomic E-state index is 0.194. The highest BCUT2D eigenvalue weighted by Gasteiger charge is 2.18. The van der Waals surface area contributed by atoms with E-state index in [0.29, 0.717) is 11.1 Å². The summed E-state index contributed by atoms with van der Waals surface area (Å²) in [7, 11) is -3.68. The van der Waals surface area contributed by atoms with Crippen molar-refractivity contribution in [2.75, 3.05) is 0 Å². The minimum atomic E-state index is -3.68. The molecule has 0 radical (unpaired) electrons. The molecule has 1 amide bonds. The number of hydrogen-bond acceptors (Lipinski definition) is 4. The number of benzene rings is 3. The van der Waals surface area contributed by atoms with Crippen molar-refractivity contribution in [1.82, 2.24) is 14.7 Å². The average molecular weight is 442 g/mol. The number of carbonyl (C=O) groups is 1. The Labute approximate surface area is 185 Å². The van der Waals surface area contributed by atoms with Gasteiger partial charge < -0.3 is 9.72 Å². The molecule has 5 aromatic rings. The van der Waals surface area contributed by atoms with Crippen LogP contribution in [-0.2, 0) is 16.4 Å². The normalized spacial score (nSPS) is 11.6. The van der Waals surface area contributed by atoms with Gasteiger partial charge in [-0.2, -0.15) is 0 Å². The van der Waals surface area contributed by atoms with Crippen molar-refractivity contribution in [2.45, 2.75) is 16.3 Å². The van der Waals surface area contributed by atoms with E-state index in [1.165, 1.54) is 0 Å². The Bertz CT molecular complexity index is 1570. The third kappa shape index (κ3) is 3.74. The Morgan fingerprint density at radius 1 is 0.875 bits per heavy atom. The van der Waals surface area contributed by atoms with Gasteiger partial charge in [0, 0.05) is 25.1 Å². The van der Waals surface area contributed by atoms with Gasteiger partial charge in [0.2, 0.25) is 9.84 Å². The number of nitrogens with one attached hydrogen (secondary N) is 1. The minimum Gasteiger partial charge on any atom is -0.348 e. The first-order valence-electron chi connectivity index (χ1n) is 10.0. The molecule has 0 spiro atoms. The van der Waals surface area contributed by atoms with Crippen molar-refractivity contribution >= 4 is 32.2 Å². The van der Waals surface area contributed by atoms with Gasteiger partial charge in [-0.25, -0.2) is 13.4 Å². The highest BCUT2D eigenvalue weighted by atomic mass is 32.2. The molecule has 2 heterocycles. The second-order valence-electron chi connectivity index (χ2n) is 7.45. The van der Waals surface area contributed by atoms with Crippen molar-refractivity contribution < 1.29 is 13.2 Å². The zero-order valence-electron chi connectivity index (χ0n) is 17.0. The van der Waals surface area contributed by atoms with Gasteiger partial charge in [0.25, 0.3) is 5.91 Å². The number of aromatic nitrogens is 2. The molecule has 7 heteroatoms. The second kappa shape index (κ2) is 7.94. The van der Waals surface area contributed by atoms with Crippen LogP contribution in [0.15, 0.2) is 107 Å². The molecule has 0 saturated carbocycles. The van der Waals surface area contributed by atoms with Crippen LogP contribution in [0.5, 0.6) is 0 Å². The van der Waals surface area contributed by atoms with Crippen molar-refractivity contribution in [3.8, 4) is 0 Å². The van der Waals surface area contributed by atoms with Gasteiger partial charge in [0.1, 0.15) is 5.65 Å². The zero-order chi connectivity index (χ0) is 22.1. The van der Waals surface area contributed by atoms with Crippen LogP contribution in [0.4, 0.5) is 0 Å². The lowest BCUT2D eigenvalue weighted by atomic mass is 10.1. The quantitative estimate of drug-likeness (QED) is 0.442. The molecule has 0 atom stereocenters. The summed E-state index contributed by atoms with van der Waals surface area (Å²) in [5.74, 6) is -0.247. The predicted molar refractivity (Wildman–Crippen MR) is 122 cm³/mol. The van der Waals surface area contributed by atoms with Crippen LogP contribution in [-0.4, -0.2) is 23.7 Å². The van der Waals surface area contributed by atoms with Gasteiger partial charge in [-0.3, -0.25) is 4.79 Å². The standard InChI is InChI=1S/C25H19N3O3S/c29-25(21-9-11-24-26-12-13-28(24)17-21)27-16-18-4-3-7-22(14-18)32(30,31)23-10-8-19-5-1-2-6-20(19)15-23/h1-15,17H,16H2,(H,27,29). The van der Waals surface area contributed by atoms with Gasteiger partial charge in [0.05, 0.1) is 15.4 Å². The van der Waals surface area contributed by atoms with Crippen LogP contribution in [0, 0.1) is 0 Å². The van der Waals surface area contributed by atoms with E-state index in [1.807, 2.05) is 30.3 Å². The van der Waals surface area contributed by atoms with E-state index in [-0.39, 0.29) is 22.2 Å². The van der Waals surface area contributed by atoms with Gasteiger partial charge in [-0.1, -0.05) is 42.5 Å². The molecule has 0 aliphatic heterocycles. The molecule has 158 valence electrons. The van der Waals surface area contributed by atoms with Gasteiger partial charge in [-0.15, -0.1) is 0 Å².